The van der Waals surface area contributed by atoms with E-state index in [1.807, 2.05) is 32.3 Å². The van der Waals surface area contributed by atoms with Crippen molar-refractivity contribution in [1.82, 2.24) is 9.80 Å². The standard InChI is InChI=1S/C17H27N3O/c1-5-19-8-10-20(11-9-19)13-17(21)15-6-7-16(18(3)4)14(2)12-15/h6-7,12H,5,8-11,13H2,1-4H3. The summed E-state index contributed by atoms with van der Waals surface area (Å²) in [5, 5.41) is 0. The summed E-state index contributed by atoms with van der Waals surface area (Å²) < 4.78 is 0. The lowest BCUT2D eigenvalue weighted by molar-refractivity contribution is 0.0859. The second-order valence-corrected chi connectivity index (χ2v) is 6.03. The van der Waals surface area contributed by atoms with Crippen molar-refractivity contribution in [3.05, 3.63) is 29.3 Å². The number of rotatable bonds is 5. The third-order valence-corrected chi connectivity index (χ3v) is 4.28. The average molecular weight is 289 g/mol. The van der Waals surface area contributed by atoms with Crippen molar-refractivity contribution in [3.8, 4) is 0 Å². The number of likely N-dealkylation sites (N-methyl/N-ethyl adjacent to an activating group) is 1. The highest BCUT2D eigenvalue weighted by molar-refractivity contribution is 5.98. The van der Waals surface area contributed by atoms with Gasteiger partial charge in [0.15, 0.2) is 5.78 Å². The molecule has 0 radical (unpaired) electrons. The molecule has 1 aromatic carbocycles. The molecule has 4 nitrogen and oxygen atoms in total. The molecule has 1 aromatic rings. The maximum atomic E-state index is 12.4. The summed E-state index contributed by atoms with van der Waals surface area (Å²) in [5.41, 5.74) is 3.15. The largest absolute Gasteiger partial charge is 0.377 e. The predicted octanol–water partition coefficient (Wildman–Crippen LogP) is 1.88. The minimum atomic E-state index is 0.230. The van der Waals surface area contributed by atoms with Crippen molar-refractivity contribution in [2.75, 3.05) is 58.3 Å². The number of aryl methyl sites for hydroxylation is 1. The van der Waals surface area contributed by atoms with E-state index in [2.05, 4.69) is 28.5 Å². The van der Waals surface area contributed by atoms with Crippen LogP contribution < -0.4 is 4.90 Å². The number of nitrogens with zero attached hydrogens (tertiary/aromatic N) is 3. The van der Waals surface area contributed by atoms with Crippen molar-refractivity contribution < 1.29 is 4.79 Å². The molecule has 0 aliphatic carbocycles. The number of ketones is 1. The zero-order valence-corrected chi connectivity index (χ0v) is 13.7. The van der Waals surface area contributed by atoms with E-state index in [1.54, 1.807) is 0 Å². The van der Waals surface area contributed by atoms with Gasteiger partial charge in [-0.3, -0.25) is 9.69 Å². The quantitative estimate of drug-likeness (QED) is 0.773. The summed E-state index contributed by atoms with van der Waals surface area (Å²) >= 11 is 0. The van der Waals surface area contributed by atoms with E-state index in [0.717, 1.165) is 43.9 Å². The summed E-state index contributed by atoms with van der Waals surface area (Å²) in [6, 6.07) is 6.00. The number of hydrogen-bond acceptors (Lipinski definition) is 4. The minimum Gasteiger partial charge on any atom is -0.377 e. The monoisotopic (exact) mass is 289 g/mol. The second kappa shape index (κ2) is 7.05. The SMILES string of the molecule is CCN1CCN(CC(=O)c2ccc(N(C)C)c(C)c2)CC1. The van der Waals surface area contributed by atoms with E-state index >= 15 is 0 Å². The van der Waals surface area contributed by atoms with E-state index < -0.39 is 0 Å². The maximum absolute atomic E-state index is 12.4. The van der Waals surface area contributed by atoms with Gasteiger partial charge in [-0.05, 0) is 37.2 Å². The van der Waals surface area contributed by atoms with Gasteiger partial charge < -0.3 is 9.80 Å². The summed E-state index contributed by atoms with van der Waals surface area (Å²) in [7, 11) is 4.05. The molecule has 0 atom stereocenters. The molecule has 1 saturated heterocycles. The first-order chi connectivity index (χ1) is 10.0. The topological polar surface area (TPSA) is 26.8 Å². The van der Waals surface area contributed by atoms with Crippen LogP contribution in [0.5, 0.6) is 0 Å². The molecule has 1 aliphatic heterocycles. The van der Waals surface area contributed by atoms with Gasteiger partial charge in [0.25, 0.3) is 0 Å². The fraction of sp³-hybridized carbons (Fsp3) is 0.588. The smallest absolute Gasteiger partial charge is 0.176 e. The summed E-state index contributed by atoms with van der Waals surface area (Å²) in [6.07, 6.45) is 0. The van der Waals surface area contributed by atoms with Crippen LogP contribution in [-0.4, -0.2) is 68.9 Å². The van der Waals surface area contributed by atoms with E-state index in [-0.39, 0.29) is 5.78 Å². The van der Waals surface area contributed by atoms with Gasteiger partial charge in [-0.1, -0.05) is 6.92 Å². The normalized spacial score (nSPS) is 17.0. The lowest BCUT2D eigenvalue weighted by atomic mass is 10.1. The summed E-state index contributed by atoms with van der Waals surface area (Å²) in [4.78, 5) is 19.2. The van der Waals surface area contributed by atoms with Gasteiger partial charge in [-0.25, -0.2) is 0 Å². The molecule has 1 aliphatic rings. The third kappa shape index (κ3) is 4.05. The van der Waals surface area contributed by atoms with Gasteiger partial charge in [-0.2, -0.15) is 0 Å². The van der Waals surface area contributed by atoms with E-state index in [9.17, 15) is 4.79 Å². The molecule has 0 spiro atoms. The Morgan fingerprint density at radius 2 is 1.76 bits per heavy atom. The van der Waals surface area contributed by atoms with Gasteiger partial charge >= 0.3 is 0 Å². The van der Waals surface area contributed by atoms with Gasteiger partial charge in [0.1, 0.15) is 0 Å². The highest BCUT2D eigenvalue weighted by Crippen LogP contribution is 2.19. The zero-order chi connectivity index (χ0) is 15.4. The Labute approximate surface area is 128 Å². The number of anilines is 1. The van der Waals surface area contributed by atoms with Crippen LogP contribution in [0, 0.1) is 6.92 Å². The Balaban J connectivity index is 1.96. The number of piperazine rings is 1. The van der Waals surface area contributed by atoms with Crippen molar-refractivity contribution >= 4 is 11.5 Å². The van der Waals surface area contributed by atoms with Crippen LogP contribution in [0.15, 0.2) is 18.2 Å². The van der Waals surface area contributed by atoms with Crippen LogP contribution >= 0.6 is 0 Å². The Morgan fingerprint density at radius 3 is 2.29 bits per heavy atom. The molecule has 0 bridgehead atoms. The van der Waals surface area contributed by atoms with E-state index in [4.69, 9.17) is 0 Å². The molecule has 0 aromatic heterocycles. The summed E-state index contributed by atoms with van der Waals surface area (Å²) in [5.74, 6) is 0.230. The molecule has 0 unspecified atom stereocenters. The van der Waals surface area contributed by atoms with Crippen LogP contribution in [0.25, 0.3) is 0 Å². The highest BCUT2D eigenvalue weighted by Gasteiger charge is 2.18. The number of benzene rings is 1. The minimum absolute atomic E-state index is 0.230. The molecule has 2 rings (SSSR count). The van der Waals surface area contributed by atoms with E-state index in [1.165, 1.54) is 5.69 Å². The zero-order valence-electron chi connectivity index (χ0n) is 13.7. The molecule has 4 heteroatoms. The van der Waals surface area contributed by atoms with Crippen LogP contribution in [0.3, 0.4) is 0 Å². The molecule has 116 valence electrons. The fourth-order valence-electron chi connectivity index (χ4n) is 2.89. The maximum Gasteiger partial charge on any atom is 0.176 e. The summed E-state index contributed by atoms with van der Waals surface area (Å²) in [6.45, 7) is 10.0. The number of hydrogen-bond donors (Lipinski definition) is 0. The first-order valence-corrected chi connectivity index (χ1v) is 7.77. The van der Waals surface area contributed by atoms with Crippen LogP contribution in [0.4, 0.5) is 5.69 Å². The van der Waals surface area contributed by atoms with Gasteiger partial charge in [0, 0.05) is 51.5 Å². The number of carbonyl (C=O) groups is 1. The Morgan fingerprint density at radius 1 is 1.14 bits per heavy atom. The third-order valence-electron chi connectivity index (χ3n) is 4.28. The molecule has 0 saturated carbocycles. The highest BCUT2D eigenvalue weighted by atomic mass is 16.1. The van der Waals surface area contributed by atoms with Crippen molar-refractivity contribution in [2.24, 2.45) is 0 Å². The Bertz CT molecular complexity index is 491. The van der Waals surface area contributed by atoms with Crippen LogP contribution in [0.1, 0.15) is 22.8 Å². The molecule has 0 amide bonds. The van der Waals surface area contributed by atoms with Crippen molar-refractivity contribution in [2.45, 2.75) is 13.8 Å². The Kier molecular flexibility index (Phi) is 5.37. The lowest BCUT2D eigenvalue weighted by Crippen LogP contribution is -2.47. The number of carbonyl (C=O) groups excluding carboxylic acids is 1. The lowest BCUT2D eigenvalue weighted by Gasteiger charge is -2.33. The van der Waals surface area contributed by atoms with Crippen LogP contribution in [-0.2, 0) is 0 Å². The van der Waals surface area contributed by atoms with Gasteiger partial charge in [0.05, 0.1) is 6.54 Å². The second-order valence-electron chi connectivity index (χ2n) is 6.03. The fourth-order valence-corrected chi connectivity index (χ4v) is 2.89. The molecule has 1 fully saturated rings. The Hall–Kier alpha value is -1.39. The van der Waals surface area contributed by atoms with Crippen LogP contribution in [0.2, 0.25) is 0 Å². The molecular formula is C17H27N3O. The first-order valence-electron chi connectivity index (χ1n) is 7.77. The first kappa shape index (κ1) is 16.0. The molecule has 0 N–H and O–H groups in total. The molecule has 1 heterocycles. The van der Waals surface area contributed by atoms with Crippen molar-refractivity contribution in [1.29, 1.82) is 0 Å². The molecule has 21 heavy (non-hydrogen) atoms. The number of Topliss-reactive ketones (excluding diaryl/α,β-unsaturated/α-hetero) is 1. The predicted molar refractivity (Wildman–Crippen MR) is 88.4 cm³/mol. The molecular weight excluding hydrogens is 262 g/mol. The average Bonchev–Trinajstić information content (AvgIpc) is 2.47. The van der Waals surface area contributed by atoms with E-state index in [0.29, 0.717) is 6.54 Å². The van der Waals surface area contributed by atoms with Crippen molar-refractivity contribution in [3.63, 3.8) is 0 Å². The van der Waals surface area contributed by atoms with Gasteiger partial charge in [0.2, 0.25) is 0 Å². The van der Waals surface area contributed by atoms with Gasteiger partial charge in [-0.15, -0.1) is 0 Å².